The van der Waals surface area contributed by atoms with Crippen LogP contribution in [0.1, 0.15) is 29.0 Å². The number of carbonyl (C=O) groups is 1. The van der Waals surface area contributed by atoms with Crippen LogP contribution in [-0.2, 0) is 0 Å². The highest BCUT2D eigenvalue weighted by Gasteiger charge is 2.13. The summed E-state index contributed by atoms with van der Waals surface area (Å²) >= 11 is 0. The van der Waals surface area contributed by atoms with Crippen LogP contribution in [0.25, 0.3) is 0 Å². The van der Waals surface area contributed by atoms with E-state index in [2.05, 4.69) is 11.7 Å². The maximum Gasteiger partial charge on any atom is 0.356 e. The van der Waals surface area contributed by atoms with Gasteiger partial charge in [-0.05, 0) is 13.8 Å². The lowest BCUT2D eigenvalue weighted by molar-refractivity contribution is 0.0688. The van der Waals surface area contributed by atoms with E-state index in [0.29, 0.717) is 5.56 Å². The fraction of sp³-hybridized carbons (Fsp3) is 0.333. The summed E-state index contributed by atoms with van der Waals surface area (Å²) in [7, 11) is 0. The van der Waals surface area contributed by atoms with Gasteiger partial charge in [0.1, 0.15) is 0 Å². The number of aromatic nitrogens is 2. The van der Waals surface area contributed by atoms with Crippen LogP contribution in [0.3, 0.4) is 0 Å². The maximum absolute atomic E-state index is 10.6. The third-order valence-corrected chi connectivity index (χ3v) is 1.88. The lowest BCUT2D eigenvalue weighted by Crippen LogP contribution is -2.05. The molecule has 0 radical (unpaired) electrons. The molecule has 0 aromatic carbocycles. The van der Waals surface area contributed by atoms with Crippen molar-refractivity contribution < 1.29 is 9.90 Å². The summed E-state index contributed by atoms with van der Waals surface area (Å²) in [4.78, 5) is 10.6. The lowest BCUT2D eigenvalue weighted by atomic mass is 10.3. The minimum absolute atomic E-state index is 0.0202. The molecule has 0 aliphatic rings. The van der Waals surface area contributed by atoms with E-state index in [1.54, 1.807) is 23.9 Å². The first-order valence-electron chi connectivity index (χ1n) is 3.98. The number of hydrogen-bond donors (Lipinski definition) is 1. The van der Waals surface area contributed by atoms with Crippen LogP contribution in [0.4, 0.5) is 0 Å². The van der Waals surface area contributed by atoms with Crippen LogP contribution in [0.15, 0.2) is 18.9 Å². The number of aryl methyl sites for hydroxylation is 1. The van der Waals surface area contributed by atoms with Crippen molar-refractivity contribution in [1.29, 1.82) is 0 Å². The van der Waals surface area contributed by atoms with Crippen molar-refractivity contribution in [3.05, 3.63) is 30.1 Å². The van der Waals surface area contributed by atoms with Gasteiger partial charge in [-0.1, -0.05) is 6.08 Å². The molecule has 13 heavy (non-hydrogen) atoms. The molecular formula is C9H12N2O2. The third-order valence-electron chi connectivity index (χ3n) is 1.88. The van der Waals surface area contributed by atoms with Crippen molar-refractivity contribution >= 4 is 5.97 Å². The molecule has 1 rings (SSSR count). The normalized spacial score (nSPS) is 12.5. The number of aromatic carboxylic acids is 1. The van der Waals surface area contributed by atoms with Gasteiger partial charge in [0.15, 0.2) is 5.69 Å². The summed E-state index contributed by atoms with van der Waals surface area (Å²) in [5, 5.41) is 12.7. The standard InChI is InChI=1S/C9H12N2O2/c1-4-7(3)11-5-6(2)8(10-11)9(12)13/h4-5,7H,1H2,2-3H3,(H,12,13). The first-order chi connectivity index (χ1) is 6.06. The molecule has 0 aliphatic carbocycles. The Bertz CT molecular complexity index is 341. The van der Waals surface area contributed by atoms with E-state index in [1.807, 2.05) is 6.92 Å². The summed E-state index contributed by atoms with van der Waals surface area (Å²) in [6, 6.07) is 0.0202. The van der Waals surface area contributed by atoms with Crippen molar-refractivity contribution in [2.24, 2.45) is 0 Å². The summed E-state index contributed by atoms with van der Waals surface area (Å²) in [6.07, 6.45) is 3.41. The zero-order valence-electron chi connectivity index (χ0n) is 7.69. The second-order valence-electron chi connectivity index (χ2n) is 2.92. The van der Waals surface area contributed by atoms with Crippen molar-refractivity contribution in [3.63, 3.8) is 0 Å². The van der Waals surface area contributed by atoms with Crippen LogP contribution in [0.2, 0.25) is 0 Å². The number of nitrogens with zero attached hydrogens (tertiary/aromatic N) is 2. The molecule has 0 spiro atoms. The van der Waals surface area contributed by atoms with Gasteiger partial charge < -0.3 is 5.11 Å². The molecule has 4 heteroatoms. The Balaban J connectivity index is 3.08. The molecule has 4 nitrogen and oxygen atoms in total. The van der Waals surface area contributed by atoms with Gasteiger partial charge >= 0.3 is 5.97 Å². The average molecular weight is 180 g/mol. The molecule has 0 amide bonds. The summed E-state index contributed by atoms with van der Waals surface area (Å²) < 4.78 is 1.59. The molecule has 1 N–H and O–H groups in total. The topological polar surface area (TPSA) is 55.1 Å². The molecule has 1 atom stereocenters. The first-order valence-corrected chi connectivity index (χ1v) is 3.98. The van der Waals surface area contributed by atoms with Crippen LogP contribution in [-0.4, -0.2) is 20.9 Å². The monoisotopic (exact) mass is 180 g/mol. The van der Waals surface area contributed by atoms with Gasteiger partial charge in [-0.3, -0.25) is 4.68 Å². The second-order valence-corrected chi connectivity index (χ2v) is 2.92. The minimum atomic E-state index is -0.993. The van der Waals surface area contributed by atoms with Gasteiger partial charge in [0.2, 0.25) is 0 Å². The molecule has 0 aliphatic heterocycles. The number of rotatable bonds is 3. The number of hydrogen-bond acceptors (Lipinski definition) is 2. The van der Waals surface area contributed by atoms with Gasteiger partial charge in [-0.15, -0.1) is 6.58 Å². The second kappa shape index (κ2) is 3.43. The Hall–Kier alpha value is -1.58. The third kappa shape index (κ3) is 1.77. The zero-order chi connectivity index (χ0) is 10.0. The molecule has 1 heterocycles. The molecule has 1 aromatic rings. The van der Waals surface area contributed by atoms with Crippen LogP contribution in [0.5, 0.6) is 0 Å². The molecule has 1 unspecified atom stereocenters. The Morgan fingerprint density at radius 2 is 2.46 bits per heavy atom. The highest BCUT2D eigenvalue weighted by atomic mass is 16.4. The zero-order valence-corrected chi connectivity index (χ0v) is 7.69. The largest absolute Gasteiger partial charge is 0.476 e. The highest BCUT2D eigenvalue weighted by molar-refractivity contribution is 5.86. The Kier molecular flexibility index (Phi) is 2.51. The number of carboxylic acids is 1. The maximum atomic E-state index is 10.6. The summed E-state index contributed by atoms with van der Waals surface area (Å²) in [5.74, 6) is -0.993. The van der Waals surface area contributed by atoms with Crippen molar-refractivity contribution in [1.82, 2.24) is 9.78 Å². The average Bonchev–Trinajstić information content (AvgIpc) is 2.46. The Labute approximate surface area is 76.5 Å². The molecule has 70 valence electrons. The van der Waals surface area contributed by atoms with E-state index >= 15 is 0 Å². The Morgan fingerprint density at radius 3 is 2.85 bits per heavy atom. The quantitative estimate of drug-likeness (QED) is 0.719. The van der Waals surface area contributed by atoms with Gasteiger partial charge in [0.25, 0.3) is 0 Å². The summed E-state index contributed by atoms with van der Waals surface area (Å²) in [6.45, 7) is 7.23. The lowest BCUT2D eigenvalue weighted by Gasteiger charge is -2.04. The van der Waals surface area contributed by atoms with Crippen molar-refractivity contribution in [2.45, 2.75) is 19.9 Å². The Morgan fingerprint density at radius 1 is 1.85 bits per heavy atom. The number of carboxylic acid groups (broad SMARTS) is 1. The molecular weight excluding hydrogens is 168 g/mol. The van der Waals surface area contributed by atoms with E-state index in [1.165, 1.54) is 0 Å². The number of allylic oxidation sites excluding steroid dienone is 1. The summed E-state index contributed by atoms with van der Waals surface area (Å²) in [5.41, 5.74) is 0.773. The van der Waals surface area contributed by atoms with Crippen molar-refractivity contribution in [2.75, 3.05) is 0 Å². The smallest absolute Gasteiger partial charge is 0.356 e. The van der Waals surface area contributed by atoms with Gasteiger partial charge in [-0.25, -0.2) is 4.79 Å². The predicted molar refractivity (Wildman–Crippen MR) is 48.8 cm³/mol. The van der Waals surface area contributed by atoms with E-state index in [9.17, 15) is 4.79 Å². The molecule has 0 fully saturated rings. The van der Waals surface area contributed by atoms with E-state index in [-0.39, 0.29) is 11.7 Å². The van der Waals surface area contributed by atoms with E-state index in [0.717, 1.165) is 0 Å². The van der Waals surface area contributed by atoms with Crippen LogP contribution >= 0.6 is 0 Å². The first kappa shape index (κ1) is 9.51. The van der Waals surface area contributed by atoms with Gasteiger partial charge in [-0.2, -0.15) is 5.10 Å². The fourth-order valence-electron chi connectivity index (χ4n) is 1.01. The van der Waals surface area contributed by atoms with Gasteiger partial charge in [0, 0.05) is 11.8 Å². The molecule has 1 aromatic heterocycles. The SMILES string of the molecule is C=CC(C)n1cc(C)c(C(=O)O)n1. The molecule has 0 saturated carbocycles. The minimum Gasteiger partial charge on any atom is -0.476 e. The van der Waals surface area contributed by atoms with Gasteiger partial charge in [0.05, 0.1) is 6.04 Å². The van der Waals surface area contributed by atoms with E-state index in [4.69, 9.17) is 5.11 Å². The molecule has 0 bridgehead atoms. The molecule has 0 saturated heterocycles. The predicted octanol–water partition coefficient (Wildman–Crippen LogP) is 1.64. The fourth-order valence-corrected chi connectivity index (χ4v) is 1.01. The van der Waals surface area contributed by atoms with E-state index < -0.39 is 5.97 Å². The van der Waals surface area contributed by atoms with Crippen molar-refractivity contribution in [3.8, 4) is 0 Å². The van der Waals surface area contributed by atoms with Crippen LogP contribution in [0, 0.1) is 6.92 Å². The van der Waals surface area contributed by atoms with Crippen LogP contribution < -0.4 is 0 Å². The highest BCUT2D eigenvalue weighted by Crippen LogP contribution is 2.10.